The Hall–Kier alpha value is -4.67. The molecule has 5 rings (SSSR count). The molecular formula is C29H27F3N6O2. The molecule has 2 N–H and O–H groups in total. The fraction of sp³-hybridized carbons (Fsp3) is 0.241. The van der Waals surface area contributed by atoms with E-state index in [4.69, 9.17) is 0 Å². The summed E-state index contributed by atoms with van der Waals surface area (Å²) in [5, 5.41) is 14.3. The van der Waals surface area contributed by atoms with E-state index in [1.807, 2.05) is 48.7 Å². The van der Waals surface area contributed by atoms with Crippen LogP contribution in [0.2, 0.25) is 0 Å². The maximum atomic E-state index is 13.2. The van der Waals surface area contributed by atoms with Crippen LogP contribution >= 0.6 is 0 Å². The summed E-state index contributed by atoms with van der Waals surface area (Å²) in [6, 6.07) is 22.3. The van der Waals surface area contributed by atoms with Gasteiger partial charge in [0, 0.05) is 30.9 Å². The molecule has 1 unspecified atom stereocenters. The SMILES string of the molecule is O=C(NCC(=O)N1CCC(n2cc(-c3cccc(NCc4ccccc4)c3)nn2)C1)c1ccccc1C(F)(F)F. The van der Waals surface area contributed by atoms with Crippen molar-refractivity contribution in [3.05, 3.63) is 102 Å². The van der Waals surface area contributed by atoms with Crippen LogP contribution < -0.4 is 10.6 Å². The molecule has 1 aliphatic rings. The van der Waals surface area contributed by atoms with Gasteiger partial charge in [-0.2, -0.15) is 13.2 Å². The van der Waals surface area contributed by atoms with Crippen molar-refractivity contribution < 1.29 is 22.8 Å². The Labute approximate surface area is 228 Å². The third-order valence-corrected chi connectivity index (χ3v) is 6.78. The molecule has 11 heteroatoms. The highest BCUT2D eigenvalue weighted by Crippen LogP contribution is 2.32. The normalized spacial score (nSPS) is 15.2. The van der Waals surface area contributed by atoms with E-state index < -0.39 is 29.8 Å². The molecule has 0 bridgehead atoms. The van der Waals surface area contributed by atoms with Crippen LogP contribution in [0.15, 0.2) is 85.1 Å². The largest absolute Gasteiger partial charge is 0.417 e. The molecule has 0 spiro atoms. The molecule has 206 valence electrons. The number of halogens is 3. The molecule has 2 amide bonds. The summed E-state index contributed by atoms with van der Waals surface area (Å²) < 4.78 is 41.4. The summed E-state index contributed by atoms with van der Waals surface area (Å²) >= 11 is 0. The zero-order valence-corrected chi connectivity index (χ0v) is 21.4. The van der Waals surface area contributed by atoms with Crippen LogP contribution in [0.4, 0.5) is 18.9 Å². The number of anilines is 1. The molecule has 1 aromatic heterocycles. The minimum Gasteiger partial charge on any atom is -0.381 e. The maximum absolute atomic E-state index is 13.2. The van der Waals surface area contributed by atoms with Crippen LogP contribution in [-0.2, 0) is 17.5 Å². The second kappa shape index (κ2) is 11.6. The van der Waals surface area contributed by atoms with Crippen molar-refractivity contribution in [2.45, 2.75) is 25.2 Å². The molecular weight excluding hydrogens is 521 g/mol. The number of hydrogen-bond acceptors (Lipinski definition) is 5. The second-order valence-corrected chi connectivity index (χ2v) is 9.51. The van der Waals surface area contributed by atoms with E-state index in [1.54, 1.807) is 9.58 Å². The predicted octanol–water partition coefficient (Wildman–Crippen LogP) is 4.78. The first-order valence-electron chi connectivity index (χ1n) is 12.8. The molecule has 40 heavy (non-hydrogen) atoms. The number of carbonyl (C=O) groups excluding carboxylic acids is 2. The van der Waals surface area contributed by atoms with Crippen LogP contribution in [0.5, 0.6) is 0 Å². The van der Waals surface area contributed by atoms with E-state index in [2.05, 4.69) is 33.1 Å². The van der Waals surface area contributed by atoms with Crippen molar-refractivity contribution in [1.82, 2.24) is 25.2 Å². The fourth-order valence-electron chi connectivity index (χ4n) is 4.65. The minimum atomic E-state index is -4.67. The zero-order valence-electron chi connectivity index (χ0n) is 21.4. The topological polar surface area (TPSA) is 92.2 Å². The standard InChI is InChI=1S/C29H27F3N6O2/c30-29(31,32)25-12-5-4-11-24(25)28(40)34-17-27(39)37-14-13-23(18-37)38-19-26(35-36-38)21-9-6-10-22(15-21)33-16-20-7-2-1-3-8-20/h1-12,15,19,23,33H,13-14,16-18H2,(H,34,40). The predicted molar refractivity (Wildman–Crippen MR) is 143 cm³/mol. The number of nitrogens with one attached hydrogen (secondary N) is 2. The first-order chi connectivity index (χ1) is 19.3. The number of hydrogen-bond donors (Lipinski definition) is 2. The number of alkyl halides is 3. The molecule has 0 saturated carbocycles. The third kappa shape index (κ3) is 6.31. The molecule has 2 heterocycles. The quantitative estimate of drug-likeness (QED) is 0.331. The molecule has 8 nitrogen and oxygen atoms in total. The minimum absolute atomic E-state index is 0.105. The van der Waals surface area contributed by atoms with Gasteiger partial charge in [0.15, 0.2) is 0 Å². The van der Waals surface area contributed by atoms with Gasteiger partial charge in [-0.1, -0.05) is 59.8 Å². The molecule has 4 aromatic rings. The Morgan fingerprint density at radius 3 is 2.55 bits per heavy atom. The number of aromatic nitrogens is 3. The first kappa shape index (κ1) is 26.9. The number of nitrogens with zero attached hydrogens (tertiary/aromatic N) is 4. The Morgan fingerprint density at radius 1 is 0.975 bits per heavy atom. The van der Waals surface area contributed by atoms with Gasteiger partial charge in [0.2, 0.25) is 5.91 Å². The van der Waals surface area contributed by atoms with Gasteiger partial charge in [-0.05, 0) is 36.2 Å². The zero-order chi connectivity index (χ0) is 28.1. The van der Waals surface area contributed by atoms with Crippen molar-refractivity contribution in [3.63, 3.8) is 0 Å². The van der Waals surface area contributed by atoms with Gasteiger partial charge in [-0.25, -0.2) is 4.68 Å². The van der Waals surface area contributed by atoms with Crippen molar-refractivity contribution in [2.24, 2.45) is 0 Å². The number of amides is 2. The summed E-state index contributed by atoms with van der Waals surface area (Å²) in [5.74, 6) is -1.32. The molecule has 1 saturated heterocycles. The first-order valence-corrected chi connectivity index (χ1v) is 12.8. The Balaban J connectivity index is 1.16. The molecule has 1 atom stereocenters. The Bertz CT molecular complexity index is 1490. The van der Waals surface area contributed by atoms with E-state index in [-0.39, 0.29) is 11.9 Å². The van der Waals surface area contributed by atoms with Crippen LogP contribution in [0.25, 0.3) is 11.3 Å². The lowest BCUT2D eigenvalue weighted by Gasteiger charge is -2.17. The Kier molecular flexibility index (Phi) is 7.81. The number of benzene rings is 3. The average Bonchev–Trinajstić information content (AvgIpc) is 3.66. The van der Waals surface area contributed by atoms with Crippen molar-refractivity contribution in [3.8, 4) is 11.3 Å². The maximum Gasteiger partial charge on any atom is 0.417 e. The highest BCUT2D eigenvalue weighted by atomic mass is 19.4. The van der Waals surface area contributed by atoms with Gasteiger partial charge in [-0.3, -0.25) is 9.59 Å². The van der Waals surface area contributed by atoms with Gasteiger partial charge in [0.1, 0.15) is 5.69 Å². The summed E-state index contributed by atoms with van der Waals surface area (Å²) in [7, 11) is 0. The summed E-state index contributed by atoms with van der Waals surface area (Å²) in [4.78, 5) is 26.7. The van der Waals surface area contributed by atoms with Crippen molar-refractivity contribution in [1.29, 1.82) is 0 Å². The van der Waals surface area contributed by atoms with Gasteiger partial charge in [-0.15, -0.1) is 5.10 Å². The van der Waals surface area contributed by atoms with Crippen LogP contribution in [0, 0.1) is 0 Å². The number of likely N-dealkylation sites (tertiary alicyclic amines) is 1. The van der Waals surface area contributed by atoms with Crippen LogP contribution in [0.3, 0.4) is 0 Å². The summed E-state index contributed by atoms with van der Waals surface area (Å²) in [6.45, 7) is 1.09. The third-order valence-electron chi connectivity index (χ3n) is 6.78. The van der Waals surface area contributed by atoms with E-state index >= 15 is 0 Å². The van der Waals surface area contributed by atoms with E-state index in [0.717, 1.165) is 23.4 Å². The number of rotatable bonds is 8. The lowest BCUT2D eigenvalue weighted by atomic mass is 10.1. The lowest BCUT2D eigenvalue weighted by molar-refractivity contribution is -0.137. The highest BCUT2D eigenvalue weighted by molar-refractivity contribution is 5.97. The monoisotopic (exact) mass is 548 g/mol. The smallest absolute Gasteiger partial charge is 0.381 e. The van der Waals surface area contributed by atoms with Gasteiger partial charge >= 0.3 is 6.18 Å². The molecule has 1 fully saturated rings. The summed E-state index contributed by atoms with van der Waals surface area (Å²) in [6.07, 6.45) is -2.19. The molecule has 0 aliphatic carbocycles. The summed E-state index contributed by atoms with van der Waals surface area (Å²) in [5.41, 5.74) is 2.16. The average molecular weight is 549 g/mol. The van der Waals surface area contributed by atoms with E-state index in [1.165, 1.54) is 17.7 Å². The Morgan fingerprint density at radius 2 is 1.75 bits per heavy atom. The van der Waals surface area contributed by atoms with E-state index in [9.17, 15) is 22.8 Å². The number of carbonyl (C=O) groups is 2. The van der Waals surface area contributed by atoms with Crippen molar-refractivity contribution in [2.75, 3.05) is 25.0 Å². The van der Waals surface area contributed by atoms with E-state index in [0.29, 0.717) is 31.7 Å². The van der Waals surface area contributed by atoms with Gasteiger partial charge < -0.3 is 15.5 Å². The molecule has 0 radical (unpaired) electrons. The van der Waals surface area contributed by atoms with Crippen LogP contribution in [0.1, 0.15) is 33.9 Å². The lowest BCUT2D eigenvalue weighted by Crippen LogP contribution is -2.39. The fourth-order valence-corrected chi connectivity index (χ4v) is 4.65. The van der Waals surface area contributed by atoms with Crippen LogP contribution in [-0.4, -0.2) is 51.3 Å². The highest BCUT2D eigenvalue weighted by Gasteiger charge is 2.35. The van der Waals surface area contributed by atoms with Gasteiger partial charge in [0.05, 0.1) is 29.9 Å². The molecule has 3 aromatic carbocycles. The second-order valence-electron chi connectivity index (χ2n) is 9.51. The van der Waals surface area contributed by atoms with Gasteiger partial charge in [0.25, 0.3) is 5.91 Å². The van der Waals surface area contributed by atoms with Crippen molar-refractivity contribution >= 4 is 17.5 Å². The molecule has 1 aliphatic heterocycles.